The van der Waals surface area contributed by atoms with Crippen molar-refractivity contribution in [1.82, 2.24) is 10.3 Å². The molecule has 0 aliphatic rings. The number of hydrogen-bond donors (Lipinski definition) is 3. The number of carbonyl (C=O) groups excluding carboxylic acids is 2. The smallest absolute Gasteiger partial charge is 0.407 e. The quantitative estimate of drug-likeness (QED) is 0.568. The summed E-state index contributed by atoms with van der Waals surface area (Å²) in [4.78, 5) is 28.3. The van der Waals surface area contributed by atoms with Gasteiger partial charge in [0, 0.05) is 23.5 Å². The molecule has 2 amide bonds. The molecule has 1 heterocycles. The molecule has 0 saturated heterocycles. The van der Waals surface area contributed by atoms with Gasteiger partial charge in [-0.05, 0) is 43.2 Å². The maximum Gasteiger partial charge on any atom is 0.407 e. The van der Waals surface area contributed by atoms with Crippen LogP contribution in [0.1, 0.15) is 18.1 Å². The van der Waals surface area contributed by atoms with Crippen molar-refractivity contribution in [3.63, 3.8) is 0 Å². The third-order valence-corrected chi connectivity index (χ3v) is 4.60. The number of ether oxygens (including phenoxy) is 2. The summed E-state index contributed by atoms with van der Waals surface area (Å²) >= 11 is 0. The van der Waals surface area contributed by atoms with Crippen LogP contribution < -0.4 is 15.4 Å². The van der Waals surface area contributed by atoms with Crippen molar-refractivity contribution >= 4 is 28.6 Å². The Morgan fingerprint density at radius 1 is 1.17 bits per heavy atom. The second kappa shape index (κ2) is 9.14. The van der Waals surface area contributed by atoms with Crippen molar-refractivity contribution in [1.29, 1.82) is 0 Å². The van der Waals surface area contributed by atoms with Gasteiger partial charge in [-0.1, -0.05) is 24.3 Å². The van der Waals surface area contributed by atoms with Crippen LogP contribution in [0.25, 0.3) is 10.9 Å². The summed E-state index contributed by atoms with van der Waals surface area (Å²) in [6.07, 6.45) is 1.53. The Balaban J connectivity index is 1.85. The van der Waals surface area contributed by atoms with Gasteiger partial charge in [-0.3, -0.25) is 4.79 Å². The molecule has 7 heteroatoms. The standard InChI is InChI=1S/C22H25N3O4/c1-4-29-22(27)25-19(12-15-13-23-17-8-6-5-7-16(15)17)21(26)24-18-11-14(2)9-10-20(18)28-3/h5-11,13,19,23H,4,12H2,1-3H3,(H,24,26)(H,25,27)/t19-/m1/s1. The summed E-state index contributed by atoms with van der Waals surface area (Å²) in [6, 6.07) is 12.5. The number of para-hydroxylation sites is 1. The molecule has 152 valence electrons. The normalized spacial score (nSPS) is 11.7. The molecular weight excluding hydrogens is 370 g/mol. The Bertz CT molecular complexity index is 1010. The lowest BCUT2D eigenvalue weighted by atomic mass is 10.0. The number of alkyl carbamates (subject to hydrolysis) is 1. The third kappa shape index (κ3) is 4.87. The minimum absolute atomic E-state index is 0.221. The van der Waals surface area contributed by atoms with Crippen LogP contribution in [0.15, 0.2) is 48.7 Å². The van der Waals surface area contributed by atoms with Crippen molar-refractivity contribution in [3.05, 3.63) is 59.8 Å². The van der Waals surface area contributed by atoms with Gasteiger partial charge in [-0.2, -0.15) is 0 Å². The second-order valence-electron chi connectivity index (χ2n) is 6.67. The zero-order valence-corrected chi connectivity index (χ0v) is 16.7. The summed E-state index contributed by atoms with van der Waals surface area (Å²) in [6.45, 7) is 3.86. The first-order valence-corrected chi connectivity index (χ1v) is 9.45. The van der Waals surface area contributed by atoms with Gasteiger partial charge in [0.15, 0.2) is 0 Å². The topological polar surface area (TPSA) is 92.5 Å². The molecule has 3 N–H and O–H groups in total. The Labute approximate surface area is 169 Å². The van der Waals surface area contributed by atoms with Crippen molar-refractivity contribution in [2.45, 2.75) is 26.3 Å². The highest BCUT2D eigenvalue weighted by Crippen LogP contribution is 2.26. The maximum absolute atomic E-state index is 13.0. The number of nitrogens with one attached hydrogen (secondary N) is 3. The number of fused-ring (bicyclic) bond motifs is 1. The van der Waals surface area contributed by atoms with E-state index in [4.69, 9.17) is 9.47 Å². The van der Waals surface area contributed by atoms with Crippen LogP contribution in [-0.2, 0) is 16.0 Å². The van der Waals surface area contributed by atoms with E-state index < -0.39 is 12.1 Å². The summed E-state index contributed by atoms with van der Waals surface area (Å²) in [5, 5.41) is 6.53. The van der Waals surface area contributed by atoms with Crippen molar-refractivity contribution < 1.29 is 19.1 Å². The lowest BCUT2D eigenvalue weighted by Gasteiger charge is -2.19. The van der Waals surface area contributed by atoms with E-state index in [2.05, 4.69) is 15.6 Å². The summed E-state index contributed by atoms with van der Waals surface area (Å²) in [7, 11) is 1.54. The number of benzene rings is 2. The fourth-order valence-corrected chi connectivity index (χ4v) is 3.18. The second-order valence-corrected chi connectivity index (χ2v) is 6.67. The summed E-state index contributed by atoms with van der Waals surface area (Å²) in [5.74, 6) is 0.193. The number of aryl methyl sites for hydroxylation is 1. The highest BCUT2D eigenvalue weighted by atomic mass is 16.5. The molecule has 0 radical (unpaired) electrons. The number of aromatic amines is 1. The fourth-order valence-electron chi connectivity index (χ4n) is 3.18. The number of rotatable bonds is 7. The third-order valence-electron chi connectivity index (χ3n) is 4.60. The molecule has 1 atom stereocenters. The number of methoxy groups -OCH3 is 1. The first-order chi connectivity index (χ1) is 14.0. The van der Waals surface area contributed by atoms with E-state index >= 15 is 0 Å². The Morgan fingerprint density at radius 2 is 1.97 bits per heavy atom. The molecule has 1 aromatic heterocycles. The highest BCUT2D eigenvalue weighted by Gasteiger charge is 2.24. The van der Waals surface area contributed by atoms with Crippen molar-refractivity contribution in [2.24, 2.45) is 0 Å². The molecule has 29 heavy (non-hydrogen) atoms. The molecule has 0 aliphatic heterocycles. The van der Waals surface area contributed by atoms with E-state index in [9.17, 15) is 9.59 Å². The van der Waals surface area contributed by atoms with Crippen LogP contribution in [0.2, 0.25) is 0 Å². The molecule has 2 aromatic carbocycles. The summed E-state index contributed by atoms with van der Waals surface area (Å²) in [5.41, 5.74) is 3.42. The molecular formula is C22H25N3O4. The summed E-state index contributed by atoms with van der Waals surface area (Å²) < 4.78 is 10.3. The zero-order chi connectivity index (χ0) is 20.8. The van der Waals surface area contributed by atoms with Gasteiger partial charge in [0.1, 0.15) is 11.8 Å². The lowest BCUT2D eigenvalue weighted by Crippen LogP contribution is -2.45. The Hall–Kier alpha value is -3.48. The molecule has 0 fully saturated rings. The van der Waals surface area contributed by atoms with Gasteiger partial charge in [0.25, 0.3) is 0 Å². The van der Waals surface area contributed by atoms with E-state index in [1.54, 1.807) is 20.1 Å². The number of anilines is 1. The van der Waals surface area contributed by atoms with Gasteiger partial charge in [0.05, 0.1) is 19.4 Å². The van der Waals surface area contributed by atoms with Crippen LogP contribution in [0.4, 0.5) is 10.5 Å². The number of hydrogen-bond acceptors (Lipinski definition) is 4. The van der Waals surface area contributed by atoms with Crippen LogP contribution in [0, 0.1) is 6.92 Å². The van der Waals surface area contributed by atoms with Crippen LogP contribution >= 0.6 is 0 Å². The molecule has 7 nitrogen and oxygen atoms in total. The monoisotopic (exact) mass is 395 g/mol. The minimum Gasteiger partial charge on any atom is -0.495 e. The van der Waals surface area contributed by atoms with Crippen LogP contribution in [0.3, 0.4) is 0 Å². The molecule has 0 bridgehead atoms. The Kier molecular flexibility index (Phi) is 6.39. The van der Waals surface area contributed by atoms with Crippen molar-refractivity contribution in [2.75, 3.05) is 19.0 Å². The first kappa shape index (κ1) is 20.3. The van der Waals surface area contributed by atoms with E-state index in [-0.39, 0.29) is 12.5 Å². The molecule has 0 unspecified atom stereocenters. The van der Waals surface area contributed by atoms with Gasteiger partial charge < -0.3 is 25.1 Å². The van der Waals surface area contributed by atoms with Crippen LogP contribution in [-0.4, -0.2) is 36.7 Å². The van der Waals surface area contributed by atoms with Crippen molar-refractivity contribution in [3.8, 4) is 5.75 Å². The molecule has 0 spiro atoms. The van der Waals surface area contributed by atoms with Crippen LogP contribution in [0.5, 0.6) is 5.75 Å². The number of H-pyrrole nitrogens is 1. The van der Waals surface area contributed by atoms with E-state index in [0.717, 1.165) is 22.0 Å². The number of carbonyl (C=O) groups is 2. The van der Waals surface area contributed by atoms with E-state index in [1.807, 2.05) is 49.5 Å². The van der Waals surface area contributed by atoms with Gasteiger partial charge in [0.2, 0.25) is 5.91 Å². The molecule has 3 aromatic rings. The van der Waals surface area contributed by atoms with Gasteiger partial charge in [-0.25, -0.2) is 4.79 Å². The lowest BCUT2D eigenvalue weighted by molar-refractivity contribution is -0.118. The number of aromatic nitrogens is 1. The Morgan fingerprint density at radius 3 is 2.72 bits per heavy atom. The molecule has 3 rings (SSSR count). The fraction of sp³-hybridized carbons (Fsp3) is 0.273. The number of amides is 2. The predicted octanol–water partition coefficient (Wildman–Crippen LogP) is 3.78. The highest BCUT2D eigenvalue weighted by molar-refractivity contribution is 5.98. The predicted molar refractivity (Wildman–Crippen MR) is 112 cm³/mol. The molecule has 0 saturated carbocycles. The van der Waals surface area contributed by atoms with E-state index in [1.165, 1.54) is 0 Å². The van der Waals surface area contributed by atoms with E-state index in [0.29, 0.717) is 17.9 Å². The zero-order valence-electron chi connectivity index (χ0n) is 16.7. The average Bonchev–Trinajstić information content (AvgIpc) is 3.11. The molecule has 0 aliphatic carbocycles. The average molecular weight is 395 g/mol. The van der Waals surface area contributed by atoms with Gasteiger partial charge >= 0.3 is 6.09 Å². The maximum atomic E-state index is 13.0. The largest absolute Gasteiger partial charge is 0.495 e. The SMILES string of the molecule is CCOC(=O)N[C@H](Cc1c[nH]c2ccccc12)C(=O)Nc1cc(C)ccc1OC. The van der Waals surface area contributed by atoms with Gasteiger partial charge in [-0.15, -0.1) is 0 Å². The minimum atomic E-state index is -0.821. The first-order valence-electron chi connectivity index (χ1n) is 9.45.